The van der Waals surface area contributed by atoms with Crippen molar-refractivity contribution < 1.29 is 5.11 Å². The smallest absolute Gasteiger partial charge is 0.115 e. The zero-order valence-electron chi connectivity index (χ0n) is 10.4. The van der Waals surface area contributed by atoms with E-state index in [2.05, 4.69) is 28.0 Å². The third-order valence-electron chi connectivity index (χ3n) is 2.72. The largest absolute Gasteiger partial charge is 0.508 e. The van der Waals surface area contributed by atoms with Crippen molar-refractivity contribution in [3.05, 3.63) is 40.1 Å². The second-order valence-electron chi connectivity index (χ2n) is 3.97. The van der Waals surface area contributed by atoms with Crippen LogP contribution in [0.2, 0.25) is 0 Å². The molecule has 0 saturated heterocycles. The average Bonchev–Trinajstić information content (AvgIpc) is 2.64. The number of halogens is 1. The molecule has 1 heterocycles. The van der Waals surface area contributed by atoms with E-state index in [1.807, 2.05) is 23.9 Å². The van der Waals surface area contributed by atoms with Crippen LogP contribution in [-0.4, -0.2) is 14.9 Å². The second-order valence-corrected chi connectivity index (χ2v) is 5.81. The van der Waals surface area contributed by atoms with E-state index in [9.17, 15) is 5.11 Å². The molecule has 0 aliphatic rings. The summed E-state index contributed by atoms with van der Waals surface area (Å²) in [5.74, 6) is 1.16. The van der Waals surface area contributed by atoms with Crippen molar-refractivity contribution in [2.75, 3.05) is 0 Å². The van der Waals surface area contributed by atoms with Gasteiger partial charge in [0.15, 0.2) is 0 Å². The lowest BCUT2D eigenvalue weighted by Gasteiger charge is -2.03. The Morgan fingerprint density at radius 1 is 1.33 bits per heavy atom. The molecule has 0 radical (unpaired) electrons. The summed E-state index contributed by atoms with van der Waals surface area (Å²) in [5.41, 5.74) is 2.28. The van der Waals surface area contributed by atoms with Crippen LogP contribution in [0.15, 0.2) is 33.6 Å². The van der Waals surface area contributed by atoms with Crippen LogP contribution >= 0.6 is 27.7 Å². The fraction of sp³-hybridized carbons (Fsp3) is 0.308. The van der Waals surface area contributed by atoms with Gasteiger partial charge in [0, 0.05) is 17.7 Å². The number of nitrogens with zero attached hydrogens (tertiary/aromatic N) is 2. The van der Waals surface area contributed by atoms with Gasteiger partial charge in [-0.05, 0) is 46.6 Å². The van der Waals surface area contributed by atoms with Crippen LogP contribution in [0.5, 0.6) is 5.75 Å². The minimum atomic E-state index is 0.300. The SMILES string of the molecule is CCc1nn(C)c(CSc2ccc(O)cc2)c1Br. The normalized spacial score (nSPS) is 10.8. The Labute approximate surface area is 119 Å². The zero-order valence-corrected chi connectivity index (χ0v) is 12.8. The Bertz CT molecular complexity index is 537. The second kappa shape index (κ2) is 5.80. The van der Waals surface area contributed by atoms with E-state index in [0.29, 0.717) is 5.75 Å². The topological polar surface area (TPSA) is 38.0 Å². The third kappa shape index (κ3) is 2.90. The molecule has 18 heavy (non-hydrogen) atoms. The summed E-state index contributed by atoms with van der Waals surface area (Å²) in [7, 11) is 1.97. The van der Waals surface area contributed by atoms with Gasteiger partial charge in [-0.2, -0.15) is 5.10 Å². The summed E-state index contributed by atoms with van der Waals surface area (Å²) < 4.78 is 3.04. The summed E-state index contributed by atoms with van der Waals surface area (Å²) in [6.45, 7) is 2.10. The monoisotopic (exact) mass is 326 g/mol. The van der Waals surface area contributed by atoms with Crippen molar-refractivity contribution >= 4 is 27.7 Å². The number of aromatic nitrogens is 2. The predicted octanol–water partition coefficient (Wildman–Crippen LogP) is 3.74. The molecule has 0 atom stereocenters. The van der Waals surface area contributed by atoms with E-state index in [0.717, 1.165) is 27.2 Å². The first-order valence-corrected chi connectivity index (χ1v) is 7.51. The number of benzene rings is 1. The highest BCUT2D eigenvalue weighted by atomic mass is 79.9. The van der Waals surface area contributed by atoms with Crippen molar-refractivity contribution in [1.29, 1.82) is 0 Å². The lowest BCUT2D eigenvalue weighted by Crippen LogP contribution is -1.96. The van der Waals surface area contributed by atoms with Crippen molar-refractivity contribution in [2.24, 2.45) is 7.05 Å². The first-order chi connectivity index (χ1) is 8.61. The van der Waals surface area contributed by atoms with Crippen LogP contribution in [0.3, 0.4) is 0 Å². The molecule has 3 nitrogen and oxygen atoms in total. The predicted molar refractivity (Wildman–Crippen MR) is 78.0 cm³/mol. The first kappa shape index (κ1) is 13.5. The zero-order chi connectivity index (χ0) is 13.1. The fourth-order valence-corrected chi connectivity index (χ4v) is 3.58. The van der Waals surface area contributed by atoms with Crippen LogP contribution in [-0.2, 0) is 19.2 Å². The molecule has 0 amide bonds. The minimum Gasteiger partial charge on any atom is -0.508 e. The highest BCUT2D eigenvalue weighted by molar-refractivity contribution is 9.10. The van der Waals surface area contributed by atoms with Crippen LogP contribution in [0.1, 0.15) is 18.3 Å². The molecule has 96 valence electrons. The summed E-state index contributed by atoms with van der Waals surface area (Å²) in [5, 5.41) is 13.7. The maximum absolute atomic E-state index is 9.23. The summed E-state index contributed by atoms with van der Waals surface area (Å²) >= 11 is 5.34. The standard InChI is InChI=1S/C13H15BrN2OS/c1-3-11-13(14)12(16(2)15-11)8-18-10-6-4-9(17)5-7-10/h4-7,17H,3,8H2,1-2H3. The number of phenols is 1. The van der Waals surface area contributed by atoms with Gasteiger partial charge in [-0.1, -0.05) is 6.92 Å². The highest BCUT2D eigenvalue weighted by Gasteiger charge is 2.12. The minimum absolute atomic E-state index is 0.300. The van der Waals surface area contributed by atoms with E-state index >= 15 is 0 Å². The number of aromatic hydroxyl groups is 1. The molecule has 1 N–H and O–H groups in total. The quantitative estimate of drug-likeness (QED) is 0.870. The van der Waals surface area contributed by atoms with E-state index in [1.165, 1.54) is 5.69 Å². The van der Waals surface area contributed by atoms with Crippen LogP contribution in [0.25, 0.3) is 0 Å². The Morgan fingerprint density at radius 2 is 2.00 bits per heavy atom. The van der Waals surface area contributed by atoms with Crippen LogP contribution in [0, 0.1) is 0 Å². The molecule has 0 fully saturated rings. The van der Waals surface area contributed by atoms with Crippen molar-refractivity contribution in [2.45, 2.75) is 24.0 Å². The van der Waals surface area contributed by atoms with Crippen LogP contribution in [0.4, 0.5) is 0 Å². The number of phenolic OH excluding ortho intramolecular Hbond substituents is 1. The maximum atomic E-state index is 9.23. The first-order valence-electron chi connectivity index (χ1n) is 5.74. The Morgan fingerprint density at radius 3 is 2.56 bits per heavy atom. The lowest BCUT2D eigenvalue weighted by atomic mass is 10.3. The van der Waals surface area contributed by atoms with Gasteiger partial charge >= 0.3 is 0 Å². The number of thioether (sulfide) groups is 1. The fourth-order valence-electron chi connectivity index (χ4n) is 1.67. The Hall–Kier alpha value is -0.940. The molecule has 0 unspecified atom stereocenters. The summed E-state index contributed by atoms with van der Waals surface area (Å²) in [6.07, 6.45) is 0.929. The highest BCUT2D eigenvalue weighted by Crippen LogP contribution is 2.29. The van der Waals surface area contributed by atoms with Gasteiger partial charge < -0.3 is 5.11 Å². The summed E-state index contributed by atoms with van der Waals surface area (Å²) in [6, 6.07) is 7.26. The van der Waals surface area contributed by atoms with E-state index in [-0.39, 0.29) is 0 Å². The maximum Gasteiger partial charge on any atom is 0.115 e. The lowest BCUT2D eigenvalue weighted by molar-refractivity contribution is 0.475. The number of aryl methyl sites for hydroxylation is 2. The molecule has 0 saturated carbocycles. The van der Waals surface area contributed by atoms with E-state index in [1.54, 1.807) is 23.9 Å². The molecule has 0 aliphatic heterocycles. The van der Waals surface area contributed by atoms with E-state index < -0.39 is 0 Å². The Balaban J connectivity index is 2.10. The molecule has 0 aliphatic carbocycles. The number of rotatable bonds is 4. The molecule has 5 heteroatoms. The molecule has 0 spiro atoms. The van der Waals surface area contributed by atoms with Gasteiger partial charge in [-0.15, -0.1) is 11.8 Å². The van der Waals surface area contributed by atoms with Crippen molar-refractivity contribution in [3.8, 4) is 5.75 Å². The molecule has 0 bridgehead atoms. The third-order valence-corrected chi connectivity index (χ3v) is 4.65. The van der Waals surface area contributed by atoms with Gasteiger partial charge in [-0.3, -0.25) is 4.68 Å². The van der Waals surface area contributed by atoms with Crippen LogP contribution < -0.4 is 0 Å². The van der Waals surface area contributed by atoms with Crippen molar-refractivity contribution in [1.82, 2.24) is 9.78 Å². The Kier molecular flexibility index (Phi) is 4.35. The summed E-state index contributed by atoms with van der Waals surface area (Å²) in [4.78, 5) is 1.14. The average molecular weight is 327 g/mol. The van der Waals surface area contributed by atoms with Crippen molar-refractivity contribution in [3.63, 3.8) is 0 Å². The van der Waals surface area contributed by atoms with E-state index in [4.69, 9.17) is 0 Å². The van der Waals surface area contributed by atoms with Gasteiger partial charge in [0.05, 0.1) is 15.9 Å². The molecule has 1 aromatic carbocycles. The molecule has 1 aromatic heterocycles. The van der Waals surface area contributed by atoms with Gasteiger partial charge in [0.1, 0.15) is 5.75 Å². The van der Waals surface area contributed by atoms with Gasteiger partial charge in [0.25, 0.3) is 0 Å². The molecular formula is C13H15BrN2OS. The number of hydrogen-bond acceptors (Lipinski definition) is 3. The van der Waals surface area contributed by atoms with Gasteiger partial charge in [-0.25, -0.2) is 0 Å². The molecule has 2 aromatic rings. The molecular weight excluding hydrogens is 312 g/mol. The number of hydrogen-bond donors (Lipinski definition) is 1. The van der Waals surface area contributed by atoms with Gasteiger partial charge in [0.2, 0.25) is 0 Å². The molecule has 2 rings (SSSR count).